The highest BCUT2D eigenvalue weighted by Crippen LogP contribution is 2.22. The van der Waals surface area contributed by atoms with E-state index >= 15 is 0 Å². The van der Waals surface area contributed by atoms with Crippen molar-refractivity contribution in [1.29, 1.82) is 0 Å². The lowest BCUT2D eigenvalue weighted by molar-refractivity contribution is 0.761. The molecular weight excluding hydrogens is 232 g/mol. The summed E-state index contributed by atoms with van der Waals surface area (Å²) in [6.45, 7) is 4.78. The van der Waals surface area contributed by atoms with Crippen molar-refractivity contribution in [3.63, 3.8) is 0 Å². The SMILES string of the molecule is CCCN(Cc1ccccc1)c1ccccc1CN. The van der Waals surface area contributed by atoms with Crippen LogP contribution in [0, 0.1) is 0 Å². The molecule has 0 saturated heterocycles. The third kappa shape index (κ3) is 3.58. The van der Waals surface area contributed by atoms with Crippen LogP contribution in [0.5, 0.6) is 0 Å². The maximum atomic E-state index is 5.85. The van der Waals surface area contributed by atoms with Crippen LogP contribution in [-0.4, -0.2) is 6.54 Å². The minimum atomic E-state index is 0.588. The molecule has 0 radical (unpaired) electrons. The Balaban J connectivity index is 2.24. The van der Waals surface area contributed by atoms with Gasteiger partial charge in [-0.1, -0.05) is 55.5 Å². The van der Waals surface area contributed by atoms with Gasteiger partial charge in [0.15, 0.2) is 0 Å². The summed E-state index contributed by atoms with van der Waals surface area (Å²) in [4.78, 5) is 2.41. The highest BCUT2D eigenvalue weighted by molar-refractivity contribution is 5.54. The Hall–Kier alpha value is -1.80. The Kier molecular flexibility index (Phi) is 4.99. The molecule has 0 unspecified atom stereocenters. The molecule has 2 aromatic rings. The maximum Gasteiger partial charge on any atom is 0.0429 e. The first-order valence-electron chi connectivity index (χ1n) is 6.92. The monoisotopic (exact) mass is 254 g/mol. The molecule has 100 valence electrons. The fourth-order valence-corrected chi connectivity index (χ4v) is 2.35. The summed E-state index contributed by atoms with van der Waals surface area (Å²) in [5.41, 5.74) is 9.66. The summed E-state index contributed by atoms with van der Waals surface area (Å²) >= 11 is 0. The van der Waals surface area contributed by atoms with Crippen LogP contribution in [0.1, 0.15) is 24.5 Å². The lowest BCUT2D eigenvalue weighted by atomic mass is 10.1. The van der Waals surface area contributed by atoms with Gasteiger partial charge in [-0.3, -0.25) is 0 Å². The van der Waals surface area contributed by atoms with Crippen molar-refractivity contribution in [3.05, 3.63) is 65.7 Å². The number of anilines is 1. The van der Waals surface area contributed by atoms with Gasteiger partial charge in [-0.2, -0.15) is 0 Å². The van der Waals surface area contributed by atoms with E-state index < -0.39 is 0 Å². The molecule has 0 aliphatic carbocycles. The molecule has 0 spiro atoms. The highest BCUT2D eigenvalue weighted by Gasteiger charge is 2.09. The summed E-state index contributed by atoms with van der Waals surface area (Å²) in [6.07, 6.45) is 1.13. The van der Waals surface area contributed by atoms with Gasteiger partial charge in [0.05, 0.1) is 0 Å². The molecule has 0 aliphatic heterocycles. The maximum absolute atomic E-state index is 5.85. The molecule has 0 saturated carbocycles. The molecule has 0 fully saturated rings. The second kappa shape index (κ2) is 6.95. The van der Waals surface area contributed by atoms with Gasteiger partial charge in [0, 0.05) is 25.3 Å². The number of rotatable bonds is 6. The van der Waals surface area contributed by atoms with Crippen molar-refractivity contribution in [2.75, 3.05) is 11.4 Å². The van der Waals surface area contributed by atoms with E-state index in [1.54, 1.807) is 0 Å². The van der Waals surface area contributed by atoms with Gasteiger partial charge >= 0.3 is 0 Å². The summed E-state index contributed by atoms with van der Waals surface area (Å²) in [6, 6.07) is 19.0. The summed E-state index contributed by atoms with van der Waals surface area (Å²) in [7, 11) is 0. The predicted molar refractivity (Wildman–Crippen MR) is 82.1 cm³/mol. The largest absolute Gasteiger partial charge is 0.367 e. The molecule has 0 aliphatic rings. The van der Waals surface area contributed by atoms with Crippen LogP contribution in [0.3, 0.4) is 0 Å². The molecule has 0 bridgehead atoms. The third-order valence-corrected chi connectivity index (χ3v) is 3.26. The zero-order chi connectivity index (χ0) is 13.5. The number of hydrogen-bond acceptors (Lipinski definition) is 2. The molecule has 2 aromatic carbocycles. The Labute approximate surface area is 115 Å². The highest BCUT2D eigenvalue weighted by atomic mass is 15.1. The van der Waals surface area contributed by atoms with E-state index in [0.29, 0.717) is 6.54 Å². The normalized spacial score (nSPS) is 10.4. The molecule has 0 atom stereocenters. The van der Waals surface area contributed by atoms with Crippen molar-refractivity contribution < 1.29 is 0 Å². The van der Waals surface area contributed by atoms with Crippen molar-refractivity contribution in [2.45, 2.75) is 26.4 Å². The second-order valence-corrected chi connectivity index (χ2v) is 4.74. The van der Waals surface area contributed by atoms with Gasteiger partial charge in [-0.05, 0) is 23.6 Å². The summed E-state index contributed by atoms with van der Waals surface area (Å²) in [5.74, 6) is 0. The Bertz CT molecular complexity index is 494. The molecule has 0 aromatic heterocycles. The van der Waals surface area contributed by atoms with E-state index in [1.807, 2.05) is 0 Å². The van der Waals surface area contributed by atoms with E-state index in [4.69, 9.17) is 5.73 Å². The zero-order valence-corrected chi connectivity index (χ0v) is 11.5. The number of nitrogens with two attached hydrogens (primary N) is 1. The molecule has 0 amide bonds. The second-order valence-electron chi connectivity index (χ2n) is 4.74. The lowest BCUT2D eigenvalue weighted by Gasteiger charge is -2.26. The van der Waals surface area contributed by atoms with Gasteiger partial charge < -0.3 is 10.6 Å². The van der Waals surface area contributed by atoms with Gasteiger partial charge in [0.2, 0.25) is 0 Å². The first-order chi connectivity index (χ1) is 9.35. The van der Waals surface area contributed by atoms with Crippen LogP contribution < -0.4 is 10.6 Å². The Morgan fingerprint density at radius 1 is 0.947 bits per heavy atom. The van der Waals surface area contributed by atoms with Gasteiger partial charge in [0.25, 0.3) is 0 Å². The molecular formula is C17H22N2. The predicted octanol–water partition coefficient (Wildman–Crippen LogP) is 3.56. The van der Waals surface area contributed by atoms with E-state index in [2.05, 4.69) is 66.4 Å². The first kappa shape index (κ1) is 13.6. The van der Waals surface area contributed by atoms with Crippen LogP contribution in [-0.2, 0) is 13.1 Å². The van der Waals surface area contributed by atoms with E-state index in [1.165, 1.54) is 16.8 Å². The van der Waals surface area contributed by atoms with Crippen molar-refractivity contribution >= 4 is 5.69 Å². The molecule has 2 rings (SSSR count). The van der Waals surface area contributed by atoms with Crippen molar-refractivity contribution in [3.8, 4) is 0 Å². The summed E-state index contributed by atoms with van der Waals surface area (Å²) in [5, 5.41) is 0. The van der Waals surface area contributed by atoms with Crippen LogP contribution >= 0.6 is 0 Å². The van der Waals surface area contributed by atoms with E-state index in [9.17, 15) is 0 Å². The topological polar surface area (TPSA) is 29.3 Å². The fourth-order valence-electron chi connectivity index (χ4n) is 2.35. The fraction of sp³-hybridized carbons (Fsp3) is 0.294. The van der Waals surface area contributed by atoms with Crippen molar-refractivity contribution in [2.24, 2.45) is 5.73 Å². The average molecular weight is 254 g/mol. The van der Waals surface area contributed by atoms with Gasteiger partial charge in [-0.15, -0.1) is 0 Å². The first-order valence-corrected chi connectivity index (χ1v) is 6.92. The van der Waals surface area contributed by atoms with Gasteiger partial charge in [-0.25, -0.2) is 0 Å². The number of benzene rings is 2. The Morgan fingerprint density at radius 3 is 2.32 bits per heavy atom. The average Bonchev–Trinajstić information content (AvgIpc) is 2.48. The number of hydrogen-bond donors (Lipinski definition) is 1. The molecule has 19 heavy (non-hydrogen) atoms. The molecule has 2 heteroatoms. The lowest BCUT2D eigenvalue weighted by Crippen LogP contribution is -2.25. The van der Waals surface area contributed by atoms with Gasteiger partial charge in [0.1, 0.15) is 0 Å². The number of para-hydroxylation sites is 1. The Morgan fingerprint density at radius 2 is 1.63 bits per heavy atom. The third-order valence-electron chi connectivity index (χ3n) is 3.26. The van der Waals surface area contributed by atoms with Crippen molar-refractivity contribution in [1.82, 2.24) is 0 Å². The van der Waals surface area contributed by atoms with Crippen LogP contribution in [0.4, 0.5) is 5.69 Å². The van der Waals surface area contributed by atoms with Crippen LogP contribution in [0.25, 0.3) is 0 Å². The number of nitrogens with zero attached hydrogens (tertiary/aromatic N) is 1. The smallest absolute Gasteiger partial charge is 0.0429 e. The minimum absolute atomic E-state index is 0.588. The summed E-state index contributed by atoms with van der Waals surface area (Å²) < 4.78 is 0. The van der Waals surface area contributed by atoms with E-state index in [-0.39, 0.29) is 0 Å². The minimum Gasteiger partial charge on any atom is -0.367 e. The standard InChI is InChI=1S/C17H22N2/c1-2-12-19(14-15-8-4-3-5-9-15)17-11-7-6-10-16(17)13-18/h3-11H,2,12-14,18H2,1H3. The molecule has 0 heterocycles. The molecule has 2 nitrogen and oxygen atoms in total. The quantitative estimate of drug-likeness (QED) is 0.854. The van der Waals surface area contributed by atoms with Crippen LogP contribution in [0.15, 0.2) is 54.6 Å². The molecule has 2 N–H and O–H groups in total. The van der Waals surface area contributed by atoms with E-state index in [0.717, 1.165) is 19.5 Å². The zero-order valence-electron chi connectivity index (χ0n) is 11.5. The van der Waals surface area contributed by atoms with Crippen LogP contribution in [0.2, 0.25) is 0 Å².